The van der Waals surface area contributed by atoms with Crippen LogP contribution in [-0.4, -0.2) is 24.8 Å². The van der Waals surface area contributed by atoms with E-state index in [-0.39, 0.29) is 10.6 Å². The summed E-state index contributed by atoms with van der Waals surface area (Å²) in [6, 6.07) is 0. The maximum Gasteiger partial charge on any atom is 0.173 e. The number of thiocyanates is 1. The Hall–Kier alpha value is 0.01000. The molecule has 0 saturated carbocycles. The van der Waals surface area contributed by atoms with E-state index in [4.69, 9.17) is 5.26 Å². The number of sulfone groups is 1. The molecule has 0 aromatic rings. The number of hydrogen-bond acceptors (Lipinski definition) is 4. The van der Waals surface area contributed by atoms with Gasteiger partial charge in [-0.1, -0.05) is 15.9 Å². The van der Waals surface area contributed by atoms with Gasteiger partial charge in [0.25, 0.3) is 0 Å². The molecule has 66 valence electrons. The smallest absolute Gasteiger partial charge is 0.173 e. The van der Waals surface area contributed by atoms with Crippen LogP contribution in [0.4, 0.5) is 0 Å². The second-order valence-corrected chi connectivity index (χ2v) is 6.13. The monoisotopic (exact) mass is 267 g/mol. The third kappa shape index (κ3) is 2.51. The topological polar surface area (TPSA) is 57.9 Å². The lowest BCUT2D eigenvalue weighted by Crippen LogP contribution is -2.06. The van der Waals surface area contributed by atoms with Crippen molar-refractivity contribution in [2.75, 3.05) is 11.5 Å². The van der Waals surface area contributed by atoms with Gasteiger partial charge in [-0.15, -0.1) is 0 Å². The van der Waals surface area contributed by atoms with Crippen molar-refractivity contribution in [2.45, 2.75) is 4.83 Å². The molecule has 0 aliphatic carbocycles. The average molecular weight is 268 g/mol. The molecule has 1 unspecified atom stereocenters. The van der Waals surface area contributed by atoms with Gasteiger partial charge in [-0.2, -0.15) is 5.26 Å². The van der Waals surface area contributed by atoms with E-state index >= 15 is 0 Å². The molecule has 1 aliphatic heterocycles. The SMILES string of the molecule is N#CSCC1=CS(=O)(=O)CC1Br. The first-order valence-corrected chi connectivity index (χ1v) is 6.75. The standard InChI is InChI=1S/C6H6BrNO2S2/c7-6-3-12(9,10)2-5(6)1-11-4-8/h2,6H,1,3H2. The number of halogens is 1. The van der Waals surface area contributed by atoms with Gasteiger partial charge in [0.2, 0.25) is 0 Å². The van der Waals surface area contributed by atoms with Crippen molar-refractivity contribution in [3.63, 3.8) is 0 Å². The van der Waals surface area contributed by atoms with Crippen LogP contribution in [0.25, 0.3) is 0 Å². The van der Waals surface area contributed by atoms with Crippen LogP contribution in [0.3, 0.4) is 0 Å². The Kier molecular flexibility index (Phi) is 3.21. The van der Waals surface area contributed by atoms with E-state index < -0.39 is 9.84 Å². The number of alkyl halides is 1. The van der Waals surface area contributed by atoms with Gasteiger partial charge in [0.15, 0.2) is 9.84 Å². The van der Waals surface area contributed by atoms with Gasteiger partial charge >= 0.3 is 0 Å². The van der Waals surface area contributed by atoms with Crippen molar-refractivity contribution in [1.29, 1.82) is 5.26 Å². The molecule has 0 radical (unpaired) electrons. The number of hydrogen-bond donors (Lipinski definition) is 0. The van der Waals surface area contributed by atoms with Crippen molar-refractivity contribution in [3.05, 3.63) is 11.0 Å². The molecule has 0 saturated heterocycles. The molecule has 0 N–H and O–H groups in total. The minimum absolute atomic E-state index is 0.108. The fourth-order valence-electron chi connectivity index (χ4n) is 0.904. The van der Waals surface area contributed by atoms with Crippen LogP contribution in [-0.2, 0) is 9.84 Å². The maximum absolute atomic E-state index is 11.0. The third-order valence-corrected chi connectivity index (χ3v) is 4.82. The normalized spacial score (nSPS) is 26.3. The van der Waals surface area contributed by atoms with Crippen molar-refractivity contribution in [2.24, 2.45) is 0 Å². The van der Waals surface area contributed by atoms with Crippen LogP contribution in [0.2, 0.25) is 0 Å². The molecule has 0 bridgehead atoms. The summed E-state index contributed by atoms with van der Waals surface area (Å²) in [6.45, 7) is 0. The summed E-state index contributed by atoms with van der Waals surface area (Å²) >= 11 is 4.29. The zero-order valence-corrected chi connectivity index (χ0v) is 9.25. The summed E-state index contributed by atoms with van der Waals surface area (Å²) in [7, 11) is -3.01. The Morgan fingerprint density at radius 2 is 2.50 bits per heavy atom. The molecule has 0 fully saturated rings. The van der Waals surface area contributed by atoms with Crippen molar-refractivity contribution < 1.29 is 8.42 Å². The minimum Gasteiger partial charge on any atom is -0.224 e. The Labute approximate surface area is 83.9 Å². The molecule has 6 heteroatoms. The molecule has 0 spiro atoms. The van der Waals surface area contributed by atoms with Gasteiger partial charge in [-0.3, -0.25) is 0 Å². The summed E-state index contributed by atoms with van der Waals surface area (Å²) in [6.07, 6.45) is 0. The van der Waals surface area contributed by atoms with E-state index in [1.54, 1.807) is 0 Å². The minimum atomic E-state index is -3.01. The van der Waals surface area contributed by atoms with Gasteiger partial charge in [0, 0.05) is 11.2 Å². The van der Waals surface area contributed by atoms with Gasteiger partial charge in [0.05, 0.1) is 10.6 Å². The lowest BCUT2D eigenvalue weighted by Gasteiger charge is -2.00. The Balaban J connectivity index is 2.72. The van der Waals surface area contributed by atoms with Crippen LogP contribution in [0.5, 0.6) is 0 Å². The molecule has 1 aliphatic rings. The highest BCUT2D eigenvalue weighted by Crippen LogP contribution is 2.26. The number of thioether (sulfide) groups is 1. The van der Waals surface area contributed by atoms with E-state index in [1.165, 1.54) is 5.41 Å². The second kappa shape index (κ2) is 3.81. The first-order valence-electron chi connectivity index (χ1n) is 3.13. The molecule has 0 aromatic heterocycles. The molecule has 12 heavy (non-hydrogen) atoms. The summed E-state index contributed by atoms with van der Waals surface area (Å²) in [5, 5.41) is 11.4. The molecule has 1 atom stereocenters. The number of nitrogens with zero attached hydrogens (tertiary/aromatic N) is 1. The fourth-order valence-corrected chi connectivity index (χ4v) is 4.74. The van der Waals surface area contributed by atoms with Crippen LogP contribution in [0.15, 0.2) is 11.0 Å². The van der Waals surface area contributed by atoms with Crippen LogP contribution < -0.4 is 0 Å². The summed E-state index contributed by atoms with van der Waals surface area (Å²) < 4.78 is 22.0. The van der Waals surface area contributed by atoms with Gasteiger partial charge in [-0.05, 0) is 17.3 Å². The fraction of sp³-hybridized carbons (Fsp3) is 0.500. The molecule has 0 amide bonds. The predicted octanol–water partition coefficient (Wildman–Crippen LogP) is 1.28. The van der Waals surface area contributed by atoms with Crippen LogP contribution >= 0.6 is 27.7 Å². The average Bonchev–Trinajstić information content (AvgIpc) is 2.20. The van der Waals surface area contributed by atoms with Gasteiger partial charge in [0.1, 0.15) is 5.40 Å². The quantitative estimate of drug-likeness (QED) is 0.559. The first kappa shape index (κ1) is 10.1. The van der Waals surface area contributed by atoms with E-state index in [1.807, 2.05) is 5.40 Å². The predicted molar refractivity (Wildman–Crippen MR) is 52.7 cm³/mol. The van der Waals surface area contributed by atoms with E-state index in [9.17, 15) is 8.42 Å². The third-order valence-electron chi connectivity index (χ3n) is 1.42. The number of nitriles is 1. The van der Waals surface area contributed by atoms with E-state index in [0.717, 1.165) is 17.3 Å². The van der Waals surface area contributed by atoms with Crippen LogP contribution in [0, 0.1) is 10.7 Å². The largest absolute Gasteiger partial charge is 0.224 e. The second-order valence-electron chi connectivity index (χ2n) is 2.37. The zero-order chi connectivity index (χ0) is 9.19. The summed E-state index contributed by atoms with van der Waals surface area (Å²) in [5.74, 6) is 0.583. The Morgan fingerprint density at radius 1 is 1.83 bits per heavy atom. The lowest BCUT2D eigenvalue weighted by molar-refractivity contribution is 0.606. The molecule has 1 heterocycles. The highest BCUT2D eigenvalue weighted by molar-refractivity contribution is 9.09. The van der Waals surface area contributed by atoms with Gasteiger partial charge < -0.3 is 0 Å². The molecular formula is C6H6BrNO2S2. The molecule has 3 nitrogen and oxygen atoms in total. The van der Waals surface area contributed by atoms with Crippen molar-refractivity contribution in [1.82, 2.24) is 0 Å². The Morgan fingerprint density at radius 3 is 2.92 bits per heavy atom. The van der Waals surface area contributed by atoms with E-state index in [2.05, 4.69) is 15.9 Å². The van der Waals surface area contributed by atoms with Crippen molar-refractivity contribution in [3.8, 4) is 5.40 Å². The molecular weight excluding hydrogens is 262 g/mol. The first-order chi connectivity index (χ1) is 5.55. The lowest BCUT2D eigenvalue weighted by atomic mass is 10.3. The maximum atomic E-state index is 11.0. The number of rotatable bonds is 2. The van der Waals surface area contributed by atoms with Gasteiger partial charge in [-0.25, -0.2) is 8.42 Å². The molecule has 0 aromatic carbocycles. The molecule has 1 rings (SSSR count). The van der Waals surface area contributed by atoms with E-state index in [0.29, 0.717) is 5.75 Å². The highest BCUT2D eigenvalue weighted by atomic mass is 79.9. The highest BCUT2D eigenvalue weighted by Gasteiger charge is 2.26. The van der Waals surface area contributed by atoms with Crippen molar-refractivity contribution >= 4 is 37.5 Å². The Bertz CT molecular complexity index is 341. The zero-order valence-electron chi connectivity index (χ0n) is 6.03. The summed E-state index contributed by atoms with van der Waals surface area (Å²) in [4.78, 5) is -0.108. The summed E-state index contributed by atoms with van der Waals surface area (Å²) in [5.41, 5.74) is 0.779. The van der Waals surface area contributed by atoms with Crippen LogP contribution in [0.1, 0.15) is 0 Å².